The Kier molecular flexibility index (Phi) is 2.87. The second kappa shape index (κ2) is 3.52. The van der Waals surface area contributed by atoms with Crippen LogP contribution in [0.5, 0.6) is 0 Å². The van der Waals surface area contributed by atoms with Crippen molar-refractivity contribution in [3.63, 3.8) is 0 Å². The van der Waals surface area contributed by atoms with E-state index in [1.165, 1.54) is 0 Å². The number of ether oxygens (including phenoxy) is 1. The Morgan fingerprint density at radius 1 is 1.55 bits per heavy atom. The lowest BCUT2D eigenvalue weighted by molar-refractivity contribution is -0.0181. The van der Waals surface area contributed by atoms with Gasteiger partial charge in [-0.3, -0.25) is 0 Å². The van der Waals surface area contributed by atoms with Crippen LogP contribution in [0, 0.1) is 0 Å². The van der Waals surface area contributed by atoms with E-state index in [9.17, 15) is 5.11 Å². The summed E-state index contributed by atoms with van der Waals surface area (Å²) in [5.74, 6) is 0. The van der Waals surface area contributed by atoms with Crippen molar-refractivity contribution < 1.29 is 9.84 Å². The van der Waals surface area contributed by atoms with E-state index in [4.69, 9.17) is 10.5 Å². The van der Waals surface area contributed by atoms with E-state index in [0.29, 0.717) is 12.8 Å². The average molecular weight is 159 g/mol. The highest BCUT2D eigenvalue weighted by Gasteiger charge is 2.28. The van der Waals surface area contributed by atoms with Crippen molar-refractivity contribution in [2.75, 3.05) is 7.11 Å². The quantitative estimate of drug-likeness (QED) is 0.435. The van der Waals surface area contributed by atoms with Gasteiger partial charge in [0.05, 0.1) is 6.10 Å². The van der Waals surface area contributed by atoms with Crippen molar-refractivity contribution in [3.8, 4) is 0 Å². The number of methoxy groups -OCH3 is 1. The van der Waals surface area contributed by atoms with Gasteiger partial charge >= 0.3 is 0 Å². The normalized spacial score (nSPS) is 40.1. The molecular weight excluding hydrogens is 142 g/mol. The summed E-state index contributed by atoms with van der Waals surface area (Å²) >= 11 is 0. The van der Waals surface area contributed by atoms with Crippen molar-refractivity contribution in [1.82, 2.24) is 0 Å². The zero-order valence-electron chi connectivity index (χ0n) is 7.05. The molecule has 3 N–H and O–H groups in total. The lowest BCUT2D eigenvalue weighted by Gasteiger charge is -2.23. The summed E-state index contributed by atoms with van der Waals surface area (Å²) in [7, 11) is 1.67. The van der Waals surface area contributed by atoms with Gasteiger partial charge in [-0.05, 0) is 19.3 Å². The van der Waals surface area contributed by atoms with Crippen LogP contribution >= 0.6 is 0 Å². The molecule has 0 bridgehead atoms. The fourth-order valence-electron chi connectivity index (χ4n) is 1.60. The zero-order valence-corrected chi connectivity index (χ0v) is 7.05. The van der Waals surface area contributed by atoms with E-state index in [1.807, 2.05) is 0 Å². The summed E-state index contributed by atoms with van der Waals surface area (Å²) in [4.78, 5) is 0. The van der Waals surface area contributed by atoms with Gasteiger partial charge in [-0.25, -0.2) is 0 Å². The van der Waals surface area contributed by atoms with Crippen molar-refractivity contribution in [2.24, 2.45) is 5.73 Å². The topological polar surface area (TPSA) is 55.5 Å². The SMILES string of the molecule is COC1CCCCC(N)(O)C1. The van der Waals surface area contributed by atoms with Crippen molar-refractivity contribution in [2.45, 2.75) is 43.9 Å². The molecule has 3 nitrogen and oxygen atoms in total. The summed E-state index contributed by atoms with van der Waals surface area (Å²) in [5, 5.41) is 9.55. The summed E-state index contributed by atoms with van der Waals surface area (Å²) < 4.78 is 5.17. The summed E-state index contributed by atoms with van der Waals surface area (Å²) in [6.45, 7) is 0. The third-order valence-corrected chi connectivity index (χ3v) is 2.30. The molecule has 0 aliphatic heterocycles. The third-order valence-electron chi connectivity index (χ3n) is 2.30. The molecule has 0 heterocycles. The van der Waals surface area contributed by atoms with Gasteiger partial charge in [0, 0.05) is 13.5 Å². The van der Waals surface area contributed by atoms with Gasteiger partial charge in [-0.15, -0.1) is 0 Å². The Bertz CT molecular complexity index is 125. The molecule has 0 aromatic heterocycles. The summed E-state index contributed by atoms with van der Waals surface area (Å²) in [5.41, 5.74) is 4.63. The lowest BCUT2D eigenvalue weighted by atomic mass is 10.1. The first-order valence-corrected chi connectivity index (χ1v) is 4.18. The first kappa shape index (κ1) is 8.97. The Hall–Kier alpha value is -0.120. The van der Waals surface area contributed by atoms with Crippen molar-refractivity contribution in [1.29, 1.82) is 0 Å². The molecule has 66 valence electrons. The Morgan fingerprint density at radius 3 is 2.91 bits per heavy atom. The van der Waals surface area contributed by atoms with Gasteiger partial charge in [0.25, 0.3) is 0 Å². The third kappa shape index (κ3) is 2.77. The molecule has 0 saturated heterocycles. The smallest absolute Gasteiger partial charge is 0.116 e. The molecule has 0 aromatic rings. The zero-order chi connectivity index (χ0) is 8.32. The van der Waals surface area contributed by atoms with Crippen molar-refractivity contribution in [3.05, 3.63) is 0 Å². The molecule has 1 saturated carbocycles. The predicted octanol–water partition coefficient (Wildman–Crippen LogP) is 0.613. The van der Waals surface area contributed by atoms with Crippen LogP contribution in [-0.2, 0) is 4.74 Å². The average Bonchev–Trinajstić information content (AvgIpc) is 2.10. The molecule has 2 unspecified atom stereocenters. The van der Waals surface area contributed by atoms with Crippen LogP contribution in [0.3, 0.4) is 0 Å². The van der Waals surface area contributed by atoms with E-state index >= 15 is 0 Å². The first-order valence-electron chi connectivity index (χ1n) is 4.18. The molecule has 1 aliphatic carbocycles. The summed E-state index contributed by atoms with van der Waals surface area (Å²) in [6.07, 6.45) is 4.56. The second-order valence-corrected chi connectivity index (χ2v) is 3.41. The molecule has 2 atom stereocenters. The molecule has 1 rings (SSSR count). The number of rotatable bonds is 1. The van der Waals surface area contributed by atoms with Gasteiger partial charge in [-0.1, -0.05) is 6.42 Å². The molecule has 1 aliphatic rings. The molecular formula is C8H17NO2. The van der Waals surface area contributed by atoms with Crippen LogP contribution in [0.2, 0.25) is 0 Å². The highest BCUT2D eigenvalue weighted by molar-refractivity contribution is 4.79. The maximum Gasteiger partial charge on any atom is 0.116 e. The predicted molar refractivity (Wildman–Crippen MR) is 43.0 cm³/mol. The van der Waals surface area contributed by atoms with Gasteiger partial charge in [0.1, 0.15) is 5.72 Å². The standard InChI is InChI=1S/C8H17NO2/c1-11-7-4-2-3-5-8(9,10)6-7/h7,10H,2-6,9H2,1H3. The number of hydrogen-bond acceptors (Lipinski definition) is 3. The van der Waals surface area contributed by atoms with Crippen LogP contribution in [0.15, 0.2) is 0 Å². The van der Waals surface area contributed by atoms with E-state index in [0.717, 1.165) is 19.3 Å². The van der Waals surface area contributed by atoms with E-state index in [-0.39, 0.29) is 6.10 Å². The number of aliphatic hydroxyl groups is 1. The second-order valence-electron chi connectivity index (χ2n) is 3.41. The van der Waals surface area contributed by atoms with Crippen LogP contribution < -0.4 is 5.73 Å². The first-order chi connectivity index (χ1) is 5.14. The fraction of sp³-hybridized carbons (Fsp3) is 1.00. The van der Waals surface area contributed by atoms with Crippen LogP contribution in [-0.4, -0.2) is 24.0 Å². The number of hydrogen-bond donors (Lipinski definition) is 2. The Labute approximate surface area is 67.5 Å². The Morgan fingerprint density at radius 2 is 2.27 bits per heavy atom. The molecule has 3 heteroatoms. The number of nitrogens with two attached hydrogens (primary N) is 1. The van der Waals surface area contributed by atoms with Crippen LogP contribution in [0.4, 0.5) is 0 Å². The summed E-state index contributed by atoms with van der Waals surface area (Å²) in [6, 6.07) is 0. The highest BCUT2D eigenvalue weighted by atomic mass is 16.5. The van der Waals surface area contributed by atoms with Crippen LogP contribution in [0.25, 0.3) is 0 Å². The lowest BCUT2D eigenvalue weighted by Crippen LogP contribution is -2.41. The van der Waals surface area contributed by atoms with Gasteiger partial charge in [0.15, 0.2) is 0 Å². The largest absolute Gasteiger partial charge is 0.381 e. The molecule has 0 spiro atoms. The van der Waals surface area contributed by atoms with E-state index < -0.39 is 5.72 Å². The highest BCUT2D eigenvalue weighted by Crippen LogP contribution is 2.24. The molecule has 0 radical (unpaired) electrons. The van der Waals surface area contributed by atoms with Gasteiger partial charge in [-0.2, -0.15) is 0 Å². The van der Waals surface area contributed by atoms with Gasteiger partial charge in [0.2, 0.25) is 0 Å². The monoisotopic (exact) mass is 159 g/mol. The minimum atomic E-state index is -0.989. The van der Waals surface area contributed by atoms with Gasteiger partial charge < -0.3 is 15.6 Å². The van der Waals surface area contributed by atoms with Crippen molar-refractivity contribution >= 4 is 0 Å². The van der Waals surface area contributed by atoms with E-state index in [1.54, 1.807) is 7.11 Å². The fourth-order valence-corrected chi connectivity index (χ4v) is 1.60. The molecule has 1 fully saturated rings. The molecule has 11 heavy (non-hydrogen) atoms. The minimum absolute atomic E-state index is 0.146. The van der Waals surface area contributed by atoms with E-state index in [2.05, 4.69) is 0 Å². The molecule has 0 aromatic carbocycles. The minimum Gasteiger partial charge on any atom is -0.381 e. The maximum absolute atomic E-state index is 9.55. The molecule has 0 amide bonds. The van der Waals surface area contributed by atoms with Crippen LogP contribution in [0.1, 0.15) is 32.1 Å². The maximum atomic E-state index is 9.55. The Balaban J connectivity index is 2.47.